The topological polar surface area (TPSA) is 49.3 Å². The largest absolute Gasteiger partial charge is 0.480 e. The van der Waals surface area contributed by atoms with Gasteiger partial charge in [0.1, 0.15) is 12.7 Å². The number of halogens is 1. The SMILES string of the molecule is O=C(O)C1CC[C@H](CF)N1. The molecule has 0 bridgehead atoms. The lowest BCUT2D eigenvalue weighted by atomic mass is 10.2. The van der Waals surface area contributed by atoms with E-state index in [9.17, 15) is 9.18 Å². The second-order valence-electron chi connectivity index (χ2n) is 2.49. The van der Waals surface area contributed by atoms with Crippen LogP contribution in [0.2, 0.25) is 0 Å². The van der Waals surface area contributed by atoms with Crippen LogP contribution in [0.4, 0.5) is 4.39 Å². The van der Waals surface area contributed by atoms with E-state index in [1.807, 2.05) is 0 Å². The number of carboxylic acid groups (broad SMARTS) is 1. The van der Waals surface area contributed by atoms with Crippen LogP contribution >= 0.6 is 0 Å². The van der Waals surface area contributed by atoms with Crippen LogP contribution in [-0.2, 0) is 4.79 Å². The molecule has 1 fully saturated rings. The highest BCUT2D eigenvalue weighted by atomic mass is 19.1. The third-order valence-corrected chi connectivity index (χ3v) is 1.73. The zero-order valence-corrected chi connectivity index (χ0v) is 5.51. The average Bonchev–Trinajstić information content (AvgIpc) is 2.34. The van der Waals surface area contributed by atoms with Gasteiger partial charge in [-0.1, -0.05) is 0 Å². The average molecular weight is 147 g/mol. The molecule has 0 aromatic heterocycles. The van der Waals surface area contributed by atoms with E-state index < -0.39 is 18.7 Å². The van der Waals surface area contributed by atoms with Crippen molar-refractivity contribution in [2.75, 3.05) is 6.67 Å². The molecule has 0 saturated carbocycles. The smallest absolute Gasteiger partial charge is 0.320 e. The lowest BCUT2D eigenvalue weighted by molar-refractivity contribution is -0.139. The second-order valence-corrected chi connectivity index (χ2v) is 2.49. The number of aliphatic carboxylic acids is 1. The Morgan fingerprint density at radius 1 is 1.70 bits per heavy atom. The molecule has 58 valence electrons. The minimum atomic E-state index is -0.879. The summed E-state index contributed by atoms with van der Waals surface area (Å²) in [6.45, 7) is -0.468. The number of rotatable bonds is 2. The zero-order chi connectivity index (χ0) is 7.56. The Hall–Kier alpha value is -0.640. The molecule has 0 amide bonds. The Kier molecular flexibility index (Phi) is 2.21. The number of alkyl halides is 1. The highest BCUT2D eigenvalue weighted by molar-refractivity contribution is 5.73. The second kappa shape index (κ2) is 2.96. The number of nitrogens with one attached hydrogen (secondary N) is 1. The van der Waals surface area contributed by atoms with Crippen LogP contribution in [0.3, 0.4) is 0 Å². The van der Waals surface area contributed by atoms with Crippen molar-refractivity contribution in [3.63, 3.8) is 0 Å². The summed E-state index contributed by atoms with van der Waals surface area (Å²) in [4.78, 5) is 10.3. The van der Waals surface area contributed by atoms with Crippen molar-refractivity contribution < 1.29 is 14.3 Å². The first-order valence-corrected chi connectivity index (χ1v) is 3.29. The first-order valence-electron chi connectivity index (χ1n) is 3.29. The van der Waals surface area contributed by atoms with Gasteiger partial charge in [-0.25, -0.2) is 4.39 Å². The van der Waals surface area contributed by atoms with E-state index in [4.69, 9.17) is 5.11 Å². The summed E-state index contributed by atoms with van der Waals surface area (Å²) in [5.41, 5.74) is 0. The van der Waals surface area contributed by atoms with Crippen LogP contribution in [0.25, 0.3) is 0 Å². The molecule has 1 rings (SSSR count). The fourth-order valence-corrected chi connectivity index (χ4v) is 1.14. The Labute approximate surface area is 58.2 Å². The van der Waals surface area contributed by atoms with Gasteiger partial charge in [0.2, 0.25) is 0 Å². The van der Waals surface area contributed by atoms with Crippen molar-refractivity contribution in [1.82, 2.24) is 5.32 Å². The summed E-state index contributed by atoms with van der Waals surface area (Å²) < 4.78 is 11.9. The van der Waals surface area contributed by atoms with Gasteiger partial charge in [-0.05, 0) is 12.8 Å². The van der Waals surface area contributed by atoms with Gasteiger partial charge in [0.15, 0.2) is 0 Å². The van der Waals surface area contributed by atoms with Crippen molar-refractivity contribution in [2.45, 2.75) is 24.9 Å². The summed E-state index contributed by atoms with van der Waals surface area (Å²) in [7, 11) is 0. The molecular formula is C6H10FNO2. The Bertz CT molecular complexity index is 140. The van der Waals surface area contributed by atoms with Crippen LogP contribution in [0.5, 0.6) is 0 Å². The minimum absolute atomic E-state index is 0.235. The highest BCUT2D eigenvalue weighted by Gasteiger charge is 2.28. The number of carbonyl (C=O) groups is 1. The molecule has 1 aliphatic rings. The molecule has 3 nitrogen and oxygen atoms in total. The van der Waals surface area contributed by atoms with Crippen LogP contribution in [0.1, 0.15) is 12.8 Å². The van der Waals surface area contributed by atoms with E-state index in [1.54, 1.807) is 0 Å². The molecule has 0 aromatic carbocycles. The maximum absolute atomic E-state index is 11.9. The molecule has 10 heavy (non-hydrogen) atoms. The van der Waals surface area contributed by atoms with Crippen LogP contribution in [0, 0.1) is 0 Å². The predicted octanol–water partition coefficient (Wildman–Crippen LogP) is 0.161. The van der Waals surface area contributed by atoms with E-state index in [0.29, 0.717) is 12.8 Å². The van der Waals surface area contributed by atoms with Gasteiger partial charge in [0.05, 0.1) is 0 Å². The van der Waals surface area contributed by atoms with Gasteiger partial charge in [-0.15, -0.1) is 0 Å². The molecule has 1 saturated heterocycles. The van der Waals surface area contributed by atoms with Crippen molar-refractivity contribution in [1.29, 1.82) is 0 Å². The third kappa shape index (κ3) is 1.44. The van der Waals surface area contributed by atoms with Crippen molar-refractivity contribution >= 4 is 5.97 Å². The lowest BCUT2D eigenvalue weighted by Gasteiger charge is -2.05. The number of hydrogen-bond acceptors (Lipinski definition) is 2. The zero-order valence-electron chi connectivity index (χ0n) is 5.51. The molecule has 0 aliphatic carbocycles. The summed E-state index contributed by atoms with van der Waals surface area (Å²) in [5, 5.41) is 11.1. The molecule has 4 heteroatoms. The van der Waals surface area contributed by atoms with Crippen molar-refractivity contribution in [3.8, 4) is 0 Å². The maximum Gasteiger partial charge on any atom is 0.320 e. The van der Waals surface area contributed by atoms with E-state index in [2.05, 4.69) is 5.32 Å². The Morgan fingerprint density at radius 3 is 2.70 bits per heavy atom. The van der Waals surface area contributed by atoms with Crippen LogP contribution in [-0.4, -0.2) is 29.8 Å². The molecule has 1 unspecified atom stereocenters. The van der Waals surface area contributed by atoms with Gasteiger partial charge in [0, 0.05) is 6.04 Å². The monoisotopic (exact) mass is 147 g/mol. The maximum atomic E-state index is 11.9. The van der Waals surface area contributed by atoms with Gasteiger partial charge in [-0.3, -0.25) is 10.1 Å². The summed E-state index contributed by atoms with van der Waals surface area (Å²) >= 11 is 0. The molecular weight excluding hydrogens is 137 g/mol. The molecule has 1 heterocycles. The molecule has 1 aliphatic heterocycles. The van der Waals surface area contributed by atoms with Gasteiger partial charge in [-0.2, -0.15) is 0 Å². The highest BCUT2D eigenvalue weighted by Crippen LogP contribution is 2.12. The van der Waals surface area contributed by atoms with Gasteiger partial charge < -0.3 is 5.11 Å². The lowest BCUT2D eigenvalue weighted by Crippen LogP contribution is -2.36. The molecule has 2 atom stereocenters. The number of hydrogen-bond donors (Lipinski definition) is 2. The normalized spacial score (nSPS) is 32.5. The Morgan fingerprint density at radius 2 is 2.40 bits per heavy atom. The first kappa shape index (κ1) is 7.47. The Balaban J connectivity index is 2.35. The quantitative estimate of drug-likeness (QED) is 0.585. The standard InChI is InChI=1S/C6H10FNO2/c7-3-4-1-2-5(8-4)6(9)10/h4-5,8H,1-3H2,(H,9,10)/t4-,5?/m1/s1. The van der Waals surface area contributed by atoms with Gasteiger partial charge in [0.25, 0.3) is 0 Å². The van der Waals surface area contributed by atoms with Crippen LogP contribution in [0.15, 0.2) is 0 Å². The fraction of sp³-hybridized carbons (Fsp3) is 0.833. The number of carboxylic acids is 1. The van der Waals surface area contributed by atoms with E-state index in [0.717, 1.165) is 0 Å². The minimum Gasteiger partial charge on any atom is -0.480 e. The predicted molar refractivity (Wildman–Crippen MR) is 33.6 cm³/mol. The summed E-state index contributed by atoms with van der Waals surface area (Å²) in [5.74, 6) is -0.879. The summed E-state index contributed by atoms with van der Waals surface area (Å²) in [6.07, 6.45) is 1.18. The van der Waals surface area contributed by atoms with Crippen LogP contribution < -0.4 is 5.32 Å². The van der Waals surface area contributed by atoms with Crippen molar-refractivity contribution in [2.24, 2.45) is 0 Å². The first-order chi connectivity index (χ1) is 4.74. The van der Waals surface area contributed by atoms with Gasteiger partial charge >= 0.3 is 5.97 Å². The summed E-state index contributed by atoms with van der Waals surface area (Å²) in [6, 6.07) is -0.762. The molecule has 0 radical (unpaired) electrons. The molecule has 2 N–H and O–H groups in total. The molecule has 0 spiro atoms. The van der Waals surface area contributed by atoms with E-state index in [-0.39, 0.29) is 6.04 Å². The molecule has 0 aromatic rings. The third-order valence-electron chi connectivity index (χ3n) is 1.73. The van der Waals surface area contributed by atoms with E-state index >= 15 is 0 Å². The fourth-order valence-electron chi connectivity index (χ4n) is 1.14. The van der Waals surface area contributed by atoms with Crippen molar-refractivity contribution in [3.05, 3.63) is 0 Å². The van der Waals surface area contributed by atoms with E-state index in [1.165, 1.54) is 0 Å².